The van der Waals surface area contributed by atoms with Gasteiger partial charge in [0, 0.05) is 18.9 Å². The first kappa shape index (κ1) is 24.6. The number of H-pyrrole nitrogens is 1. The fraction of sp³-hybridized carbons (Fsp3) is 0.875. The third-order valence-electron chi connectivity index (χ3n) is 7.75. The summed E-state index contributed by atoms with van der Waals surface area (Å²) in [5.74, 6) is 1.91. The van der Waals surface area contributed by atoms with E-state index in [-0.39, 0.29) is 11.8 Å². The Morgan fingerprint density at radius 2 is 1.84 bits per heavy atom. The molecule has 3 rings (SSSR count). The zero-order chi connectivity index (χ0) is 23.1. The summed E-state index contributed by atoms with van der Waals surface area (Å²) in [5.41, 5.74) is 0. The van der Waals surface area contributed by atoms with Gasteiger partial charge < -0.3 is 10.0 Å². The van der Waals surface area contributed by atoms with Crippen molar-refractivity contribution in [2.24, 2.45) is 23.7 Å². The van der Waals surface area contributed by atoms with Crippen molar-refractivity contribution < 1.29 is 14.7 Å². The van der Waals surface area contributed by atoms with Crippen molar-refractivity contribution in [2.45, 2.75) is 103 Å². The van der Waals surface area contributed by atoms with Gasteiger partial charge in [-0.3, -0.25) is 4.79 Å². The first-order valence-corrected chi connectivity index (χ1v) is 12.7. The Kier molecular flexibility index (Phi) is 9.05. The van der Waals surface area contributed by atoms with Crippen molar-refractivity contribution in [3.05, 3.63) is 5.82 Å². The number of aromatic nitrogens is 4. The number of carbonyl (C=O) groups is 2. The molecular formula is C24H41N5O3. The Morgan fingerprint density at radius 3 is 2.44 bits per heavy atom. The summed E-state index contributed by atoms with van der Waals surface area (Å²) in [7, 11) is 0. The molecule has 0 radical (unpaired) electrons. The number of aliphatic carboxylic acids is 1. The number of tetrazole rings is 1. The first-order valence-electron chi connectivity index (χ1n) is 12.7. The molecule has 8 heteroatoms. The van der Waals surface area contributed by atoms with Crippen LogP contribution in [0.1, 0.15) is 103 Å². The molecule has 180 valence electrons. The van der Waals surface area contributed by atoms with E-state index >= 15 is 0 Å². The molecule has 2 saturated carbocycles. The molecule has 32 heavy (non-hydrogen) atoms. The van der Waals surface area contributed by atoms with Crippen LogP contribution in [-0.4, -0.2) is 55.1 Å². The summed E-state index contributed by atoms with van der Waals surface area (Å²) in [6, 6.07) is -0.738. The molecule has 0 saturated heterocycles. The molecule has 2 N–H and O–H groups in total. The fourth-order valence-electron chi connectivity index (χ4n) is 6.07. The molecular weight excluding hydrogens is 406 g/mol. The van der Waals surface area contributed by atoms with Gasteiger partial charge in [0.15, 0.2) is 5.82 Å². The van der Waals surface area contributed by atoms with Gasteiger partial charge in [-0.1, -0.05) is 45.2 Å². The molecule has 8 nitrogen and oxygen atoms in total. The van der Waals surface area contributed by atoms with E-state index in [1.54, 1.807) is 4.90 Å². The Hall–Kier alpha value is -1.99. The molecule has 1 amide bonds. The minimum Gasteiger partial charge on any atom is -0.480 e. The van der Waals surface area contributed by atoms with Crippen molar-refractivity contribution in [1.82, 2.24) is 25.5 Å². The highest BCUT2D eigenvalue weighted by molar-refractivity contribution is 5.83. The van der Waals surface area contributed by atoms with Gasteiger partial charge >= 0.3 is 5.97 Å². The molecule has 1 aromatic rings. The summed E-state index contributed by atoms with van der Waals surface area (Å²) in [4.78, 5) is 26.6. The number of carbonyl (C=O) groups excluding carboxylic acids is 1. The summed E-state index contributed by atoms with van der Waals surface area (Å²) >= 11 is 0. The second-order valence-corrected chi connectivity index (χ2v) is 10.3. The maximum absolute atomic E-state index is 13.0. The van der Waals surface area contributed by atoms with E-state index in [1.165, 1.54) is 19.3 Å². The lowest BCUT2D eigenvalue weighted by atomic mass is 9.66. The average molecular weight is 448 g/mol. The molecule has 0 aliphatic heterocycles. The van der Waals surface area contributed by atoms with E-state index in [2.05, 4.69) is 27.5 Å². The zero-order valence-corrected chi connectivity index (χ0v) is 20.0. The van der Waals surface area contributed by atoms with Crippen LogP contribution in [0.4, 0.5) is 0 Å². The van der Waals surface area contributed by atoms with Crippen LogP contribution in [0.5, 0.6) is 0 Å². The molecule has 3 unspecified atom stereocenters. The van der Waals surface area contributed by atoms with Crippen LogP contribution in [0, 0.1) is 23.7 Å². The molecule has 2 aliphatic carbocycles. The minimum absolute atomic E-state index is 0.000440. The normalized spacial score (nSPS) is 27.2. The first-order chi connectivity index (χ1) is 15.4. The zero-order valence-electron chi connectivity index (χ0n) is 20.0. The van der Waals surface area contributed by atoms with Gasteiger partial charge in [0.05, 0.1) is 0 Å². The van der Waals surface area contributed by atoms with E-state index in [4.69, 9.17) is 0 Å². The second kappa shape index (κ2) is 11.8. The summed E-state index contributed by atoms with van der Waals surface area (Å²) in [5, 5.41) is 24.8. The molecule has 2 fully saturated rings. The second-order valence-electron chi connectivity index (χ2n) is 10.3. The van der Waals surface area contributed by atoms with E-state index < -0.39 is 12.0 Å². The molecule has 2 aliphatic rings. The van der Waals surface area contributed by atoms with Crippen LogP contribution in [0.3, 0.4) is 0 Å². The number of unbranched alkanes of at least 4 members (excludes halogenated alkanes) is 1. The number of aromatic amines is 1. The van der Waals surface area contributed by atoms with Gasteiger partial charge in [-0.05, 0) is 68.6 Å². The van der Waals surface area contributed by atoms with Crippen LogP contribution in [0.15, 0.2) is 0 Å². The quantitative estimate of drug-likeness (QED) is 0.549. The van der Waals surface area contributed by atoms with E-state index in [1.807, 2.05) is 13.8 Å². The number of hydrogen-bond acceptors (Lipinski definition) is 5. The predicted octanol–water partition coefficient (Wildman–Crippen LogP) is 4.41. The maximum Gasteiger partial charge on any atom is 0.326 e. The highest BCUT2D eigenvalue weighted by Gasteiger charge is 2.39. The lowest BCUT2D eigenvalue weighted by Crippen LogP contribution is -2.50. The third kappa shape index (κ3) is 6.07. The number of carboxylic acid groups (broad SMARTS) is 1. The van der Waals surface area contributed by atoms with Gasteiger partial charge in [-0.2, -0.15) is 5.21 Å². The standard InChI is InChI=1S/C24H41N5O3/c1-4-5-10-21(30)29(22(16(2)3)24(31)32)15-17-11-13-18(14-12-17)19-8-6-7-9-20(19)23-25-27-28-26-23/h16-20,22H,4-15H2,1-3H3,(H,31,32)(H,25,26,27,28). The average Bonchev–Trinajstić information content (AvgIpc) is 3.32. The Labute approximate surface area is 191 Å². The molecule has 0 spiro atoms. The fourth-order valence-corrected chi connectivity index (χ4v) is 6.07. The SMILES string of the molecule is CCCCC(=O)N(CC1CCC(C2CCCCC2c2nn[nH]n2)CC1)C(C(=O)O)C(C)C. The number of hydrogen-bond donors (Lipinski definition) is 2. The number of rotatable bonds is 10. The minimum atomic E-state index is -0.885. The third-order valence-corrected chi connectivity index (χ3v) is 7.75. The molecule has 1 aromatic heterocycles. The Balaban J connectivity index is 1.62. The summed E-state index contributed by atoms with van der Waals surface area (Å²) in [6.07, 6.45) is 11.4. The number of nitrogens with one attached hydrogen (secondary N) is 1. The lowest BCUT2D eigenvalue weighted by Gasteiger charge is -2.41. The summed E-state index contributed by atoms with van der Waals surface area (Å²) < 4.78 is 0. The number of carboxylic acids is 1. The Morgan fingerprint density at radius 1 is 1.12 bits per heavy atom. The van der Waals surface area contributed by atoms with Crippen molar-refractivity contribution in [1.29, 1.82) is 0 Å². The van der Waals surface area contributed by atoms with Crippen molar-refractivity contribution in [3.63, 3.8) is 0 Å². The molecule has 3 atom stereocenters. The molecule has 0 aromatic carbocycles. The van der Waals surface area contributed by atoms with E-state index in [9.17, 15) is 14.7 Å². The largest absolute Gasteiger partial charge is 0.480 e. The topological polar surface area (TPSA) is 112 Å². The van der Waals surface area contributed by atoms with Gasteiger partial charge in [-0.25, -0.2) is 4.79 Å². The van der Waals surface area contributed by atoms with Crippen LogP contribution in [0.2, 0.25) is 0 Å². The number of amides is 1. The van der Waals surface area contributed by atoms with Crippen molar-refractivity contribution in [2.75, 3.05) is 6.54 Å². The number of nitrogens with zero attached hydrogens (tertiary/aromatic N) is 4. The summed E-state index contributed by atoms with van der Waals surface area (Å²) in [6.45, 7) is 6.43. The van der Waals surface area contributed by atoms with Crippen molar-refractivity contribution >= 4 is 11.9 Å². The van der Waals surface area contributed by atoms with Gasteiger partial charge in [0.25, 0.3) is 0 Å². The molecule has 1 heterocycles. The van der Waals surface area contributed by atoms with E-state index in [0.29, 0.717) is 36.6 Å². The highest BCUT2D eigenvalue weighted by atomic mass is 16.4. The van der Waals surface area contributed by atoms with Gasteiger partial charge in [-0.15, -0.1) is 10.2 Å². The van der Waals surface area contributed by atoms with Gasteiger partial charge in [0.2, 0.25) is 5.91 Å². The monoisotopic (exact) mass is 447 g/mol. The van der Waals surface area contributed by atoms with Crippen LogP contribution in [-0.2, 0) is 9.59 Å². The van der Waals surface area contributed by atoms with Crippen molar-refractivity contribution in [3.8, 4) is 0 Å². The predicted molar refractivity (Wildman–Crippen MR) is 122 cm³/mol. The highest BCUT2D eigenvalue weighted by Crippen LogP contribution is 2.46. The van der Waals surface area contributed by atoms with E-state index in [0.717, 1.165) is 50.8 Å². The van der Waals surface area contributed by atoms with Crippen LogP contribution >= 0.6 is 0 Å². The maximum atomic E-state index is 13.0. The van der Waals surface area contributed by atoms with Crippen LogP contribution in [0.25, 0.3) is 0 Å². The Bertz CT molecular complexity index is 715. The lowest BCUT2D eigenvalue weighted by molar-refractivity contribution is -0.153. The molecule has 0 bridgehead atoms. The van der Waals surface area contributed by atoms with Gasteiger partial charge in [0.1, 0.15) is 6.04 Å². The smallest absolute Gasteiger partial charge is 0.326 e. The van der Waals surface area contributed by atoms with Crippen LogP contribution < -0.4 is 0 Å².